The molecule has 3 rings (SSSR count). The van der Waals surface area contributed by atoms with Gasteiger partial charge in [-0.1, -0.05) is 6.07 Å². The Kier molecular flexibility index (Phi) is 3.57. The maximum Gasteiger partial charge on any atom is 0.274 e. The Morgan fingerprint density at radius 2 is 2.24 bits per heavy atom. The number of H-pyrrole nitrogens is 1. The number of carbonyl (C=O) groups is 1. The maximum atomic E-state index is 12.2. The molecule has 0 spiro atoms. The highest BCUT2D eigenvalue weighted by Gasteiger charge is 2.13. The van der Waals surface area contributed by atoms with E-state index in [-0.39, 0.29) is 5.91 Å². The van der Waals surface area contributed by atoms with E-state index in [0.29, 0.717) is 21.7 Å². The Morgan fingerprint density at radius 1 is 1.38 bits per heavy atom. The molecule has 0 fully saturated rings. The Hall–Kier alpha value is -2.41. The monoisotopic (exact) mass is 346 g/mol. The third-order valence-electron chi connectivity index (χ3n) is 2.96. The number of amides is 1. The number of aromatic amines is 1. The number of pyridine rings is 1. The Balaban J connectivity index is 1.95. The number of halogens is 1. The summed E-state index contributed by atoms with van der Waals surface area (Å²) in [7, 11) is 1.55. The fourth-order valence-corrected chi connectivity index (χ4v) is 2.30. The van der Waals surface area contributed by atoms with Crippen molar-refractivity contribution in [1.29, 1.82) is 0 Å². The van der Waals surface area contributed by atoms with E-state index in [1.54, 1.807) is 43.6 Å². The normalized spacial score (nSPS) is 10.6. The van der Waals surface area contributed by atoms with E-state index in [1.165, 1.54) is 0 Å². The molecule has 0 radical (unpaired) electrons. The number of aromatic nitrogens is 3. The van der Waals surface area contributed by atoms with Crippen LogP contribution >= 0.6 is 15.9 Å². The zero-order valence-corrected chi connectivity index (χ0v) is 12.6. The summed E-state index contributed by atoms with van der Waals surface area (Å²) < 4.78 is 5.90. The van der Waals surface area contributed by atoms with Gasteiger partial charge in [0.15, 0.2) is 0 Å². The molecule has 0 aliphatic carbocycles. The quantitative estimate of drug-likeness (QED) is 0.714. The number of benzene rings is 1. The predicted molar refractivity (Wildman–Crippen MR) is 82.5 cm³/mol. The average Bonchev–Trinajstić information content (AvgIpc) is 2.93. The molecule has 21 heavy (non-hydrogen) atoms. The molecule has 0 saturated carbocycles. The van der Waals surface area contributed by atoms with Crippen molar-refractivity contribution < 1.29 is 9.53 Å². The molecule has 7 heteroatoms. The van der Waals surface area contributed by atoms with Crippen LogP contribution in [0.3, 0.4) is 0 Å². The Morgan fingerprint density at radius 3 is 3.00 bits per heavy atom. The van der Waals surface area contributed by atoms with Gasteiger partial charge in [0.2, 0.25) is 0 Å². The molecule has 0 unspecified atom stereocenters. The lowest BCUT2D eigenvalue weighted by Crippen LogP contribution is -2.14. The summed E-state index contributed by atoms with van der Waals surface area (Å²) in [6, 6.07) is 8.74. The van der Waals surface area contributed by atoms with Crippen LogP contribution in [0.5, 0.6) is 5.75 Å². The van der Waals surface area contributed by atoms with Crippen LogP contribution in [0.25, 0.3) is 10.9 Å². The lowest BCUT2D eigenvalue weighted by Gasteiger charge is -2.10. The van der Waals surface area contributed by atoms with E-state index < -0.39 is 0 Å². The van der Waals surface area contributed by atoms with Crippen LogP contribution in [0.15, 0.2) is 41.1 Å². The number of ether oxygens (including phenoxy) is 1. The molecular weight excluding hydrogens is 336 g/mol. The summed E-state index contributed by atoms with van der Waals surface area (Å²) in [6.07, 6.45) is 1.68. The summed E-state index contributed by atoms with van der Waals surface area (Å²) in [4.78, 5) is 16.4. The van der Waals surface area contributed by atoms with Gasteiger partial charge in [-0.2, -0.15) is 5.10 Å². The summed E-state index contributed by atoms with van der Waals surface area (Å²) in [6.45, 7) is 0. The van der Waals surface area contributed by atoms with Crippen LogP contribution in [-0.4, -0.2) is 28.2 Å². The second kappa shape index (κ2) is 5.53. The number of nitrogens with zero attached hydrogens (tertiary/aromatic N) is 2. The van der Waals surface area contributed by atoms with Gasteiger partial charge >= 0.3 is 0 Å². The minimum Gasteiger partial charge on any atom is -0.494 e. The molecule has 1 amide bonds. The first-order valence-corrected chi connectivity index (χ1v) is 6.91. The molecule has 2 heterocycles. The van der Waals surface area contributed by atoms with Gasteiger partial charge in [-0.05, 0) is 34.1 Å². The fraction of sp³-hybridized carbons (Fsp3) is 0.0714. The van der Waals surface area contributed by atoms with Crippen LogP contribution in [0.1, 0.15) is 10.5 Å². The minimum atomic E-state index is -0.308. The number of hydrogen-bond donors (Lipinski definition) is 2. The first-order chi connectivity index (χ1) is 10.2. The molecule has 6 nitrogen and oxygen atoms in total. The first kappa shape index (κ1) is 13.6. The molecule has 2 aromatic heterocycles. The highest BCUT2D eigenvalue weighted by Crippen LogP contribution is 2.29. The molecule has 0 aliphatic rings. The van der Waals surface area contributed by atoms with Gasteiger partial charge in [0.25, 0.3) is 5.91 Å². The van der Waals surface area contributed by atoms with E-state index >= 15 is 0 Å². The highest BCUT2D eigenvalue weighted by molar-refractivity contribution is 9.10. The van der Waals surface area contributed by atoms with Crippen molar-refractivity contribution in [3.8, 4) is 5.75 Å². The molecule has 106 valence electrons. The number of fused-ring (bicyclic) bond motifs is 1. The third kappa shape index (κ3) is 2.73. The molecule has 0 bridgehead atoms. The maximum absolute atomic E-state index is 12.2. The molecule has 0 saturated heterocycles. The number of methoxy groups -OCH3 is 1. The van der Waals surface area contributed by atoms with Crippen molar-refractivity contribution >= 4 is 38.4 Å². The molecule has 0 aliphatic heterocycles. The summed E-state index contributed by atoms with van der Waals surface area (Å²) in [5.74, 6) is 0.243. The topological polar surface area (TPSA) is 79.9 Å². The largest absolute Gasteiger partial charge is 0.494 e. The van der Waals surface area contributed by atoms with Gasteiger partial charge in [-0.15, -0.1) is 0 Å². The van der Waals surface area contributed by atoms with Crippen LogP contribution in [0, 0.1) is 0 Å². The van der Waals surface area contributed by atoms with Crippen LogP contribution in [0.2, 0.25) is 0 Å². The van der Waals surface area contributed by atoms with Gasteiger partial charge < -0.3 is 10.1 Å². The zero-order valence-electron chi connectivity index (χ0n) is 11.1. The summed E-state index contributed by atoms with van der Waals surface area (Å²) in [5.41, 5.74) is 1.72. The van der Waals surface area contributed by atoms with Gasteiger partial charge in [0.1, 0.15) is 16.0 Å². The van der Waals surface area contributed by atoms with Crippen molar-refractivity contribution in [3.05, 3.63) is 46.8 Å². The lowest BCUT2D eigenvalue weighted by atomic mass is 10.2. The van der Waals surface area contributed by atoms with Gasteiger partial charge in [0.05, 0.1) is 24.5 Å². The zero-order chi connectivity index (χ0) is 14.8. The van der Waals surface area contributed by atoms with Gasteiger partial charge in [-0.3, -0.25) is 9.89 Å². The van der Waals surface area contributed by atoms with Crippen LogP contribution in [-0.2, 0) is 0 Å². The lowest BCUT2D eigenvalue weighted by molar-refractivity contribution is 0.102. The van der Waals surface area contributed by atoms with E-state index in [2.05, 4.69) is 36.4 Å². The third-order valence-corrected chi connectivity index (χ3v) is 3.40. The van der Waals surface area contributed by atoms with Crippen molar-refractivity contribution in [3.63, 3.8) is 0 Å². The molecular formula is C14H11BrN4O2. The first-order valence-electron chi connectivity index (χ1n) is 6.12. The van der Waals surface area contributed by atoms with Gasteiger partial charge in [-0.25, -0.2) is 4.98 Å². The predicted octanol–water partition coefficient (Wildman–Crippen LogP) is 2.98. The fourth-order valence-electron chi connectivity index (χ4n) is 1.96. The molecule has 1 aromatic carbocycles. The minimum absolute atomic E-state index is 0.308. The number of carbonyl (C=O) groups excluding carboxylic acids is 1. The Labute approximate surface area is 128 Å². The smallest absolute Gasteiger partial charge is 0.274 e. The number of nitrogens with one attached hydrogen (secondary N) is 2. The molecule has 0 atom stereocenters. The second-order valence-electron chi connectivity index (χ2n) is 4.31. The van der Waals surface area contributed by atoms with Gasteiger partial charge in [0, 0.05) is 11.5 Å². The van der Waals surface area contributed by atoms with Crippen LogP contribution in [0.4, 0.5) is 5.69 Å². The molecule has 2 N–H and O–H groups in total. The van der Waals surface area contributed by atoms with E-state index in [0.717, 1.165) is 10.9 Å². The van der Waals surface area contributed by atoms with E-state index in [1.807, 2.05) is 0 Å². The SMILES string of the molecule is COc1cc2[nH]ncc2cc1NC(=O)c1cccc(Br)n1. The van der Waals surface area contributed by atoms with E-state index in [4.69, 9.17) is 4.74 Å². The standard InChI is InChI=1S/C14H11BrN4O2/c1-21-12-6-10-8(7-16-19-10)5-11(12)18-14(20)9-3-2-4-13(15)17-9/h2-7H,1H3,(H,16,19)(H,18,20). The average molecular weight is 347 g/mol. The number of rotatable bonds is 3. The van der Waals surface area contributed by atoms with Crippen LogP contribution < -0.4 is 10.1 Å². The van der Waals surface area contributed by atoms with Crippen molar-refractivity contribution in [2.75, 3.05) is 12.4 Å². The highest BCUT2D eigenvalue weighted by atomic mass is 79.9. The number of anilines is 1. The van der Waals surface area contributed by atoms with Crippen molar-refractivity contribution in [2.24, 2.45) is 0 Å². The summed E-state index contributed by atoms with van der Waals surface area (Å²) in [5, 5.41) is 10.5. The Bertz CT molecular complexity index is 816. The number of hydrogen-bond acceptors (Lipinski definition) is 4. The van der Waals surface area contributed by atoms with Crippen molar-refractivity contribution in [2.45, 2.75) is 0 Å². The second-order valence-corrected chi connectivity index (χ2v) is 5.12. The molecule has 3 aromatic rings. The summed E-state index contributed by atoms with van der Waals surface area (Å²) >= 11 is 3.24. The van der Waals surface area contributed by atoms with Crippen molar-refractivity contribution in [1.82, 2.24) is 15.2 Å². The van der Waals surface area contributed by atoms with E-state index in [9.17, 15) is 4.79 Å².